The summed E-state index contributed by atoms with van der Waals surface area (Å²) in [5.41, 5.74) is 6.46. The Balaban J connectivity index is 2.45. The molecule has 1 aliphatic heterocycles. The van der Waals surface area contributed by atoms with Gasteiger partial charge < -0.3 is 16.0 Å². The van der Waals surface area contributed by atoms with E-state index >= 15 is 0 Å². The third-order valence-corrected chi connectivity index (χ3v) is 3.80. The molecule has 1 aliphatic rings. The number of benzene rings is 1. The lowest BCUT2D eigenvalue weighted by atomic mass is 9.99. The van der Waals surface area contributed by atoms with E-state index in [0.717, 1.165) is 19.3 Å². The highest BCUT2D eigenvalue weighted by Crippen LogP contribution is 2.29. The molecule has 1 unspecified atom stereocenters. The Morgan fingerprint density at radius 2 is 2.25 bits per heavy atom. The van der Waals surface area contributed by atoms with Crippen LogP contribution in [0.5, 0.6) is 0 Å². The summed E-state index contributed by atoms with van der Waals surface area (Å²) in [6.45, 7) is 0.692. The number of hydrogen-bond donors (Lipinski definition) is 2. The van der Waals surface area contributed by atoms with Crippen molar-refractivity contribution in [3.63, 3.8) is 0 Å². The van der Waals surface area contributed by atoms with E-state index < -0.39 is 5.82 Å². The lowest BCUT2D eigenvalue weighted by molar-refractivity contribution is -0.122. The molecule has 1 amide bonds. The minimum atomic E-state index is -0.448. The van der Waals surface area contributed by atoms with Gasteiger partial charge in [-0.2, -0.15) is 0 Å². The van der Waals surface area contributed by atoms with Crippen LogP contribution in [-0.2, 0) is 4.79 Å². The van der Waals surface area contributed by atoms with Crippen molar-refractivity contribution < 1.29 is 9.18 Å². The third kappa shape index (κ3) is 2.75. The largest absolute Gasteiger partial charge is 0.389 e. The molecule has 0 aromatic heterocycles. The second-order valence-electron chi connectivity index (χ2n) is 4.82. The van der Waals surface area contributed by atoms with E-state index in [1.807, 2.05) is 4.90 Å². The number of carbonyl (C=O) groups excluding carboxylic acids is 1. The van der Waals surface area contributed by atoms with Gasteiger partial charge >= 0.3 is 0 Å². The molecule has 20 heavy (non-hydrogen) atoms. The number of thiocarbonyl (C=S) groups is 1. The summed E-state index contributed by atoms with van der Waals surface area (Å²) in [6, 6.07) is 4.40. The maximum absolute atomic E-state index is 14.0. The number of anilines is 1. The van der Waals surface area contributed by atoms with E-state index in [1.165, 1.54) is 6.07 Å². The van der Waals surface area contributed by atoms with Crippen molar-refractivity contribution in [3.05, 3.63) is 29.6 Å². The van der Waals surface area contributed by atoms with Crippen LogP contribution in [0.15, 0.2) is 18.2 Å². The van der Waals surface area contributed by atoms with Crippen LogP contribution in [0.3, 0.4) is 0 Å². The lowest BCUT2D eigenvalue weighted by Crippen LogP contribution is -2.49. The summed E-state index contributed by atoms with van der Waals surface area (Å²) in [7, 11) is 1.61. The standard InChI is InChI=1S/C14H18FN3OS/c1-17-14(19)11-6-2-3-8-18(11)10-7-4-5-9(15)12(10)13(16)20/h4-5,7,11H,2-3,6,8H2,1H3,(H2,16,20)(H,17,19). The summed E-state index contributed by atoms with van der Waals surface area (Å²) < 4.78 is 14.0. The van der Waals surface area contributed by atoms with E-state index in [0.29, 0.717) is 12.2 Å². The average molecular weight is 295 g/mol. The molecule has 108 valence electrons. The van der Waals surface area contributed by atoms with Crippen LogP contribution in [-0.4, -0.2) is 30.5 Å². The van der Waals surface area contributed by atoms with Crippen LogP contribution in [0.25, 0.3) is 0 Å². The first kappa shape index (κ1) is 14.7. The summed E-state index contributed by atoms with van der Waals surface area (Å²) in [5.74, 6) is -0.515. The number of nitrogens with one attached hydrogen (secondary N) is 1. The van der Waals surface area contributed by atoms with Crippen molar-refractivity contribution in [3.8, 4) is 0 Å². The maximum Gasteiger partial charge on any atom is 0.242 e. The minimum absolute atomic E-state index is 0.0133. The van der Waals surface area contributed by atoms with Crippen LogP contribution in [0.2, 0.25) is 0 Å². The van der Waals surface area contributed by atoms with Gasteiger partial charge in [-0.1, -0.05) is 18.3 Å². The number of nitrogens with two attached hydrogens (primary N) is 1. The molecular weight excluding hydrogens is 277 g/mol. The predicted molar refractivity (Wildman–Crippen MR) is 81.3 cm³/mol. The molecule has 1 fully saturated rings. The van der Waals surface area contributed by atoms with Gasteiger partial charge in [0.05, 0.1) is 11.3 Å². The fraction of sp³-hybridized carbons (Fsp3) is 0.429. The molecule has 1 saturated heterocycles. The first-order valence-electron chi connectivity index (χ1n) is 6.62. The van der Waals surface area contributed by atoms with Gasteiger partial charge in [0.25, 0.3) is 0 Å². The van der Waals surface area contributed by atoms with Crippen LogP contribution in [0.1, 0.15) is 24.8 Å². The Bertz CT molecular complexity index is 535. The molecular formula is C14H18FN3OS. The summed E-state index contributed by atoms with van der Waals surface area (Å²) in [5, 5.41) is 2.66. The highest BCUT2D eigenvalue weighted by Gasteiger charge is 2.30. The highest BCUT2D eigenvalue weighted by molar-refractivity contribution is 7.80. The Morgan fingerprint density at radius 3 is 2.90 bits per heavy atom. The topological polar surface area (TPSA) is 58.4 Å². The molecule has 0 spiro atoms. The van der Waals surface area contributed by atoms with Crippen LogP contribution in [0.4, 0.5) is 10.1 Å². The van der Waals surface area contributed by atoms with E-state index in [9.17, 15) is 9.18 Å². The van der Waals surface area contributed by atoms with Crippen molar-refractivity contribution in [2.75, 3.05) is 18.5 Å². The van der Waals surface area contributed by atoms with Gasteiger partial charge in [-0.15, -0.1) is 0 Å². The first-order chi connectivity index (χ1) is 9.56. The number of halogens is 1. The van der Waals surface area contributed by atoms with E-state index in [4.69, 9.17) is 18.0 Å². The Kier molecular flexibility index (Phi) is 4.54. The fourth-order valence-corrected chi connectivity index (χ4v) is 2.86. The normalized spacial score (nSPS) is 18.7. The lowest BCUT2D eigenvalue weighted by Gasteiger charge is -2.37. The van der Waals surface area contributed by atoms with Crippen molar-refractivity contribution in [1.82, 2.24) is 5.32 Å². The van der Waals surface area contributed by atoms with E-state index in [1.54, 1.807) is 19.2 Å². The number of hydrogen-bond acceptors (Lipinski definition) is 3. The van der Waals surface area contributed by atoms with Gasteiger partial charge in [-0.3, -0.25) is 4.79 Å². The number of rotatable bonds is 3. The quantitative estimate of drug-likeness (QED) is 0.831. The van der Waals surface area contributed by atoms with Crippen molar-refractivity contribution >= 4 is 28.8 Å². The molecule has 1 heterocycles. The Morgan fingerprint density at radius 1 is 1.50 bits per heavy atom. The highest BCUT2D eigenvalue weighted by atomic mass is 32.1. The Hall–Kier alpha value is -1.69. The van der Waals surface area contributed by atoms with Crippen molar-refractivity contribution in [2.45, 2.75) is 25.3 Å². The van der Waals surface area contributed by atoms with Crippen molar-refractivity contribution in [2.24, 2.45) is 5.73 Å². The van der Waals surface area contributed by atoms with Crippen LogP contribution in [0, 0.1) is 5.82 Å². The van der Waals surface area contributed by atoms with Crippen LogP contribution >= 0.6 is 12.2 Å². The van der Waals surface area contributed by atoms with Gasteiger partial charge in [0.1, 0.15) is 16.8 Å². The molecule has 6 heteroatoms. The van der Waals surface area contributed by atoms with Crippen molar-refractivity contribution in [1.29, 1.82) is 0 Å². The zero-order valence-electron chi connectivity index (χ0n) is 11.4. The number of nitrogens with zero attached hydrogens (tertiary/aromatic N) is 1. The van der Waals surface area contributed by atoms with Crippen LogP contribution < -0.4 is 16.0 Å². The van der Waals surface area contributed by atoms with Gasteiger partial charge in [0.15, 0.2) is 0 Å². The summed E-state index contributed by atoms with van der Waals surface area (Å²) in [4.78, 5) is 13.9. The van der Waals surface area contributed by atoms with E-state index in [-0.39, 0.29) is 22.5 Å². The molecule has 1 aromatic rings. The zero-order valence-corrected chi connectivity index (χ0v) is 12.2. The third-order valence-electron chi connectivity index (χ3n) is 3.60. The zero-order chi connectivity index (χ0) is 14.7. The number of carbonyl (C=O) groups is 1. The molecule has 1 atom stereocenters. The number of amides is 1. The van der Waals surface area contributed by atoms with E-state index in [2.05, 4.69) is 5.32 Å². The van der Waals surface area contributed by atoms with Gasteiger partial charge in [0.2, 0.25) is 5.91 Å². The van der Waals surface area contributed by atoms with Gasteiger partial charge in [-0.05, 0) is 31.4 Å². The second-order valence-corrected chi connectivity index (χ2v) is 5.26. The maximum atomic E-state index is 14.0. The molecule has 0 bridgehead atoms. The predicted octanol–water partition coefficient (Wildman–Crippen LogP) is 1.56. The van der Waals surface area contributed by atoms with Gasteiger partial charge in [0, 0.05) is 13.6 Å². The summed E-state index contributed by atoms with van der Waals surface area (Å²) >= 11 is 4.95. The monoisotopic (exact) mass is 295 g/mol. The molecule has 1 aromatic carbocycles. The summed E-state index contributed by atoms with van der Waals surface area (Å²) in [6.07, 6.45) is 2.68. The average Bonchev–Trinajstić information content (AvgIpc) is 2.45. The SMILES string of the molecule is CNC(=O)C1CCCCN1c1cccc(F)c1C(N)=S. The first-order valence-corrected chi connectivity index (χ1v) is 7.03. The molecule has 2 rings (SSSR count). The number of likely N-dealkylation sites (N-methyl/N-ethyl adjacent to an activating group) is 1. The smallest absolute Gasteiger partial charge is 0.242 e. The van der Waals surface area contributed by atoms with Gasteiger partial charge in [-0.25, -0.2) is 4.39 Å². The molecule has 0 saturated carbocycles. The molecule has 4 nitrogen and oxygen atoms in total. The number of piperidine rings is 1. The second kappa shape index (κ2) is 6.17. The fourth-order valence-electron chi connectivity index (χ4n) is 2.66. The molecule has 3 N–H and O–H groups in total. The molecule has 0 radical (unpaired) electrons. The Labute approximate surface area is 123 Å². The minimum Gasteiger partial charge on any atom is -0.389 e. The molecule has 0 aliphatic carbocycles.